The number of allylic oxidation sites excluding steroid dienone is 5. The zero-order valence-corrected chi connectivity index (χ0v) is 9.54. The highest BCUT2D eigenvalue weighted by Gasteiger charge is 2.12. The summed E-state index contributed by atoms with van der Waals surface area (Å²) in [6.07, 6.45) is 7.31. The lowest BCUT2D eigenvalue weighted by Crippen LogP contribution is -2.18. The number of nitrogens with one attached hydrogen (secondary N) is 2. The molecule has 4 nitrogen and oxygen atoms in total. The third kappa shape index (κ3) is 3.08. The molecule has 0 bridgehead atoms. The summed E-state index contributed by atoms with van der Waals surface area (Å²) in [4.78, 5) is 11.4. The second-order valence-corrected chi connectivity index (χ2v) is 3.26. The van der Waals surface area contributed by atoms with Crippen molar-refractivity contribution in [2.45, 2.75) is 13.3 Å². The summed E-state index contributed by atoms with van der Waals surface area (Å²) in [7, 11) is 1.74. The van der Waals surface area contributed by atoms with Crippen LogP contribution in [0.3, 0.4) is 0 Å². The van der Waals surface area contributed by atoms with Crippen molar-refractivity contribution < 1.29 is 9.53 Å². The Kier molecular flexibility index (Phi) is 4.51. The van der Waals surface area contributed by atoms with Crippen molar-refractivity contribution in [3.8, 4) is 0 Å². The molecule has 86 valence electrons. The maximum absolute atomic E-state index is 11.4. The van der Waals surface area contributed by atoms with Crippen molar-refractivity contribution in [3.63, 3.8) is 0 Å². The number of carbonyl (C=O) groups is 1. The fourth-order valence-electron chi connectivity index (χ4n) is 1.42. The van der Waals surface area contributed by atoms with E-state index in [0.717, 1.165) is 5.57 Å². The highest BCUT2D eigenvalue weighted by molar-refractivity contribution is 6.10. The first-order chi connectivity index (χ1) is 7.69. The van der Waals surface area contributed by atoms with Gasteiger partial charge in [0, 0.05) is 18.3 Å². The van der Waals surface area contributed by atoms with Crippen LogP contribution in [0.2, 0.25) is 0 Å². The van der Waals surface area contributed by atoms with Crippen LogP contribution in [0.5, 0.6) is 0 Å². The number of ether oxygens (including phenoxy) is 1. The Morgan fingerprint density at radius 2 is 2.12 bits per heavy atom. The molecule has 0 aromatic heterocycles. The average Bonchev–Trinajstić information content (AvgIpc) is 2.27. The molecule has 0 unspecified atom stereocenters. The molecule has 1 rings (SSSR count). The average molecular weight is 220 g/mol. The van der Waals surface area contributed by atoms with E-state index in [-0.39, 0.29) is 12.4 Å². The van der Waals surface area contributed by atoms with Crippen molar-refractivity contribution in [1.82, 2.24) is 5.32 Å². The number of hydrogen-bond donors (Lipinski definition) is 2. The van der Waals surface area contributed by atoms with Gasteiger partial charge in [-0.1, -0.05) is 18.2 Å². The first-order valence-corrected chi connectivity index (χ1v) is 5.19. The van der Waals surface area contributed by atoms with Crippen LogP contribution in [0.4, 0.5) is 0 Å². The molecule has 0 aromatic rings. The minimum atomic E-state index is -0.282. The molecule has 1 aliphatic rings. The van der Waals surface area contributed by atoms with Crippen molar-refractivity contribution in [3.05, 3.63) is 35.6 Å². The second kappa shape index (κ2) is 5.90. The largest absolute Gasteiger partial charge is 0.466 e. The van der Waals surface area contributed by atoms with Crippen LogP contribution in [-0.2, 0) is 9.53 Å². The van der Waals surface area contributed by atoms with Gasteiger partial charge in [-0.2, -0.15) is 0 Å². The predicted octanol–water partition coefficient (Wildman–Crippen LogP) is 1.56. The van der Waals surface area contributed by atoms with Gasteiger partial charge in [-0.25, -0.2) is 0 Å². The minimum Gasteiger partial charge on any atom is -0.466 e. The standard InChI is InChI=1S/C12H16N2O2/c1-3-16-12(15)8-11(14-2)9-6-4-5-7-10(9)13/h4-7,13-14H,3,8H2,1-2H3/b11-9-,13-10?. The molecule has 0 aromatic carbocycles. The van der Waals surface area contributed by atoms with Crippen LogP contribution in [0.1, 0.15) is 13.3 Å². The van der Waals surface area contributed by atoms with Crippen LogP contribution in [-0.4, -0.2) is 25.3 Å². The highest BCUT2D eigenvalue weighted by Crippen LogP contribution is 2.14. The monoisotopic (exact) mass is 220 g/mol. The molecule has 0 fully saturated rings. The molecule has 0 spiro atoms. The van der Waals surface area contributed by atoms with E-state index in [4.69, 9.17) is 10.1 Å². The molecule has 4 heteroatoms. The molecule has 0 amide bonds. The van der Waals surface area contributed by atoms with Crippen LogP contribution in [0, 0.1) is 5.41 Å². The fourth-order valence-corrected chi connectivity index (χ4v) is 1.42. The van der Waals surface area contributed by atoms with Gasteiger partial charge < -0.3 is 15.5 Å². The van der Waals surface area contributed by atoms with Gasteiger partial charge in [0.05, 0.1) is 18.7 Å². The lowest BCUT2D eigenvalue weighted by atomic mass is 10.0. The van der Waals surface area contributed by atoms with E-state index in [1.54, 1.807) is 26.1 Å². The smallest absolute Gasteiger partial charge is 0.311 e. The van der Waals surface area contributed by atoms with Gasteiger partial charge in [0.25, 0.3) is 0 Å². The van der Waals surface area contributed by atoms with E-state index in [1.165, 1.54) is 0 Å². The molecule has 0 heterocycles. The maximum Gasteiger partial charge on any atom is 0.311 e. The third-order valence-electron chi connectivity index (χ3n) is 2.18. The first-order valence-electron chi connectivity index (χ1n) is 5.19. The molecule has 16 heavy (non-hydrogen) atoms. The van der Waals surface area contributed by atoms with Crippen LogP contribution in [0.15, 0.2) is 35.6 Å². The lowest BCUT2D eigenvalue weighted by molar-refractivity contribution is -0.142. The summed E-state index contributed by atoms with van der Waals surface area (Å²) >= 11 is 0. The van der Waals surface area contributed by atoms with Gasteiger partial charge in [0.15, 0.2) is 0 Å². The van der Waals surface area contributed by atoms with E-state index < -0.39 is 0 Å². The first kappa shape index (κ1) is 12.2. The zero-order chi connectivity index (χ0) is 12.0. The van der Waals surface area contributed by atoms with Crippen LogP contribution >= 0.6 is 0 Å². The molecule has 0 saturated heterocycles. The van der Waals surface area contributed by atoms with E-state index in [2.05, 4.69) is 5.32 Å². The Morgan fingerprint density at radius 3 is 2.69 bits per heavy atom. The van der Waals surface area contributed by atoms with Gasteiger partial charge in [0.1, 0.15) is 0 Å². The minimum absolute atomic E-state index is 0.167. The summed E-state index contributed by atoms with van der Waals surface area (Å²) in [6, 6.07) is 0. The Morgan fingerprint density at radius 1 is 1.44 bits per heavy atom. The number of carbonyl (C=O) groups excluding carboxylic acids is 1. The zero-order valence-electron chi connectivity index (χ0n) is 9.54. The molecule has 0 radical (unpaired) electrons. The highest BCUT2D eigenvalue weighted by atomic mass is 16.5. The molecule has 0 saturated carbocycles. The van der Waals surface area contributed by atoms with Crippen LogP contribution in [0.25, 0.3) is 0 Å². The van der Waals surface area contributed by atoms with E-state index in [1.807, 2.05) is 12.2 Å². The number of esters is 1. The van der Waals surface area contributed by atoms with Crippen molar-refractivity contribution >= 4 is 11.7 Å². The number of rotatable bonds is 4. The SMILES string of the molecule is CCOC(=O)C/C(NC)=C1\C=CC=CC1=N. The summed E-state index contributed by atoms with van der Waals surface area (Å²) in [6.45, 7) is 2.15. The normalized spacial score (nSPS) is 17.2. The molecular formula is C12H16N2O2. The van der Waals surface area contributed by atoms with Gasteiger partial charge in [-0.05, 0) is 13.0 Å². The Bertz CT molecular complexity index is 378. The molecule has 2 N–H and O–H groups in total. The Labute approximate surface area is 95.2 Å². The molecular weight excluding hydrogens is 204 g/mol. The summed E-state index contributed by atoms with van der Waals surface area (Å²) in [5.41, 5.74) is 1.85. The van der Waals surface area contributed by atoms with Crippen LogP contribution < -0.4 is 5.32 Å². The van der Waals surface area contributed by atoms with Gasteiger partial charge in [-0.3, -0.25) is 4.79 Å². The third-order valence-corrected chi connectivity index (χ3v) is 2.18. The van der Waals surface area contributed by atoms with Gasteiger partial charge in [0.2, 0.25) is 0 Å². The maximum atomic E-state index is 11.4. The fraction of sp³-hybridized carbons (Fsp3) is 0.333. The second-order valence-electron chi connectivity index (χ2n) is 3.26. The van der Waals surface area contributed by atoms with E-state index >= 15 is 0 Å². The number of hydrogen-bond acceptors (Lipinski definition) is 4. The Hall–Kier alpha value is -1.84. The lowest BCUT2D eigenvalue weighted by Gasteiger charge is -2.13. The van der Waals surface area contributed by atoms with Crippen molar-refractivity contribution in [2.24, 2.45) is 0 Å². The summed E-state index contributed by atoms with van der Waals surface area (Å²) in [5.74, 6) is -0.282. The summed E-state index contributed by atoms with van der Waals surface area (Å²) < 4.78 is 4.87. The Balaban J connectivity index is 2.84. The van der Waals surface area contributed by atoms with E-state index in [9.17, 15) is 4.79 Å². The molecule has 0 aliphatic heterocycles. The van der Waals surface area contributed by atoms with E-state index in [0.29, 0.717) is 18.0 Å². The van der Waals surface area contributed by atoms with Crippen molar-refractivity contribution in [2.75, 3.05) is 13.7 Å². The summed E-state index contributed by atoms with van der Waals surface area (Å²) in [5, 5.41) is 10.7. The van der Waals surface area contributed by atoms with Gasteiger partial charge in [-0.15, -0.1) is 0 Å². The molecule has 1 aliphatic carbocycles. The quantitative estimate of drug-likeness (QED) is 0.707. The van der Waals surface area contributed by atoms with Gasteiger partial charge >= 0.3 is 5.97 Å². The molecule has 0 atom stereocenters. The predicted molar refractivity (Wildman–Crippen MR) is 63.3 cm³/mol. The van der Waals surface area contributed by atoms with Crippen molar-refractivity contribution in [1.29, 1.82) is 5.41 Å². The topological polar surface area (TPSA) is 62.2 Å².